The molecule has 0 unspecified atom stereocenters. The summed E-state index contributed by atoms with van der Waals surface area (Å²) in [4.78, 5) is 32.8. The fourth-order valence-electron chi connectivity index (χ4n) is 4.31. The zero-order chi connectivity index (χ0) is 29.6. The van der Waals surface area contributed by atoms with E-state index in [0.29, 0.717) is 68.6 Å². The van der Waals surface area contributed by atoms with Gasteiger partial charge in [-0.15, -0.1) is 11.3 Å². The summed E-state index contributed by atoms with van der Waals surface area (Å²) in [5.41, 5.74) is 1.58. The molecule has 0 radical (unpaired) electrons. The summed E-state index contributed by atoms with van der Waals surface area (Å²) in [6.07, 6.45) is 1.22. The molecule has 0 aliphatic heterocycles. The molecule has 10 heteroatoms. The standard InChI is InChI=1S/C31H41N3O6S/c1-6-40-27-11-8-7-10-26(27)32-31(36)34(17-9-19-37-3)22-30(35)33(21-25-14-12-23(2)41-25)18-16-24-13-15-28(38-4)29(20-24)39-5/h7-8,10-15,20H,6,9,16-19,21-22H2,1-5H3,(H,32,36). The maximum absolute atomic E-state index is 13.8. The number of methoxy groups -OCH3 is 3. The highest BCUT2D eigenvalue weighted by Gasteiger charge is 2.23. The molecule has 3 aromatic rings. The highest BCUT2D eigenvalue weighted by Crippen LogP contribution is 2.28. The lowest BCUT2D eigenvalue weighted by Crippen LogP contribution is -2.45. The van der Waals surface area contributed by atoms with Crippen LogP contribution in [-0.2, 0) is 22.5 Å². The van der Waals surface area contributed by atoms with Crippen LogP contribution >= 0.6 is 11.3 Å². The highest BCUT2D eigenvalue weighted by atomic mass is 32.1. The van der Waals surface area contributed by atoms with Gasteiger partial charge in [-0.05, 0) is 68.7 Å². The number of aryl methyl sites for hydroxylation is 1. The Balaban J connectivity index is 1.78. The summed E-state index contributed by atoms with van der Waals surface area (Å²) < 4.78 is 21.7. The van der Waals surface area contributed by atoms with E-state index in [1.54, 1.807) is 44.8 Å². The van der Waals surface area contributed by atoms with Crippen molar-refractivity contribution in [1.82, 2.24) is 9.80 Å². The Hall–Kier alpha value is -3.76. The molecular formula is C31H41N3O6S. The zero-order valence-electron chi connectivity index (χ0n) is 24.6. The third kappa shape index (κ3) is 9.68. The number of carbonyl (C=O) groups is 2. The average molecular weight is 584 g/mol. The van der Waals surface area contributed by atoms with Crippen LogP contribution in [-0.4, -0.2) is 75.9 Å². The number of nitrogens with one attached hydrogen (secondary N) is 1. The number of para-hydroxylation sites is 2. The fourth-order valence-corrected chi connectivity index (χ4v) is 5.22. The van der Waals surface area contributed by atoms with Crippen molar-refractivity contribution >= 4 is 29.0 Å². The van der Waals surface area contributed by atoms with Gasteiger partial charge in [-0.3, -0.25) is 4.79 Å². The summed E-state index contributed by atoms with van der Waals surface area (Å²) in [5.74, 6) is 1.74. The number of carbonyl (C=O) groups excluding carboxylic acids is 2. The molecule has 1 N–H and O–H groups in total. The number of hydrogen-bond acceptors (Lipinski definition) is 7. The Morgan fingerprint density at radius 2 is 1.68 bits per heavy atom. The number of hydrogen-bond donors (Lipinski definition) is 1. The maximum atomic E-state index is 13.8. The normalized spacial score (nSPS) is 10.7. The second kappa shape index (κ2) is 16.5. The predicted molar refractivity (Wildman–Crippen MR) is 162 cm³/mol. The van der Waals surface area contributed by atoms with Gasteiger partial charge < -0.3 is 34.1 Å². The molecule has 9 nitrogen and oxygen atoms in total. The van der Waals surface area contributed by atoms with Gasteiger partial charge in [-0.1, -0.05) is 18.2 Å². The van der Waals surface area contributed by atoms with E-state index < -0.39 is 0 Å². The lowest BCUT2D eigenvalue weighted by molar-refractivity contribution is -0.132. The molecule has 0 saturated heterocycles. The van der Waals surface area contributed by atoms with Crippen molar-refractivity contribution in [1.29, 1.82) is 0 Å². The van der Waals surface area contributed by atoms with E-state index in [1.165, 1.54) is 9.78 Å². The van der Waals surface area contributed by atoms with Crippen molar-refractivity contribution in [2.45, 2.75) is 33.2 Å². The van der Waals surface area contributed by atoms with Crippen molar-refractivity contribution in [3.05, 3.63) is 69.9 Å². The van der Waals surface area contributed by atoms with Crippen LogP contribution in [0.4, 0.5) is 10.5 Å². The number of thiophene rings is 1. The van der Waals surface area contributed by atoms with E-state index in [-0.39, 0.29) is 18.5 Å². The topological polar surface area (TPSA) is 89.6 Å². The Labute approximate surface area is 247 Å². The first-order valence-corrected chi connectivity index (χ1v) is 14.5. The van der Waals surface area contributed by atoms with Gasteiger partial charge in [0.05, 0.1) is 33.1 Å². The third-order valence-electron chi connectivity index (χ3n) is 6.43. The minimum Gasteiger partial charge on any atom is -0.493 e. The van der Waals surface area contributed by atoms with Crippen LogP contribution in [0, 0.1) is 6.92 Å². The third-order valence-corrected chi connectivity index (χ3v) is 7.42. The molecular weight excluding hydrogens is 542 g/mol. The van der Waals surface area contributed by atoms with Crippen LogP contribution in [0.3, 0.4) is 0 Å². The van der Waals surface area contributed by atoms with Crippen LogP contribution in [0.1, 0.15) is 28.7 Å². The average Bonchev–Trinajstić information content (AvgIpc) is 3.39. The predicted octanol–water partition coefficient (Wildman–Crippen LogP) is 5.61. The number of ether oxygens (including phenoxy) is 4. The van der Waals surface area contributed by atoms with Crippen LogP contribution in [0.25, 0.3) is 0 Å². The van der Waals surface area contributed by atoms with Gasteiger partial charge in [0.15, 0.2) is 11.5 Å². The van der Waals surface area contributed by atoms with Crippen molar-refractivity contribution in [3.8, 4) is 17.2 Å². The quantitative estimate of drug-likeness (QED) is 0.221. The van der Waals surface area contributed by atoms with Crippen LogP contribution in [0.15, 0.2) is 54.6 Å². The molecule has 3 amide bonds. The molecule has 0 spiro atoms. The number of rotatable bonds is 16. The summed E-state index contributed by atoms with van der Waals surface area (Å²) in [6.45, 7) is 6.13. The van der Waals surface area contributed by atoms with Gasteiger partial charge in [-0.2, -0.15) is 0 Å². The second-order valence-electron chi connectivity index (χ2n) is 9.39. The van der Waals surface area contributed by atoms with Crippen LogP contribution < -0.4 is 19.5 Å². The summed E-state index contributed by atoms with van der Waals surface area (Å²) in [6, 6.07) is 16.8. The summed E-state index contributed by atoms with van der Waals surface area (Å²) in [7, 11) is 4.82. The first-order chi connectivity index (χ1) is 19.9. The molecule has 0 aliphatic rings. The molecule has 0 atom stereocenters. The fraction of sp³-hybridized carbons (Fsp3) is 0.419. The Kier molecular flexibility index (Phi) is 12.8. The monoisotopic (exact) mass is 583 g/mol. The Bertz CT molecular complexity index is 1260. The number of nitrogens with zero attached hydrogens (tertiary/aromatic N) is 2. The largest absolute Gasteiger partial charge is 0.493 e. The number of benzene rings is 2. The summed E-state index contributed by atoms with van der Waals surface area (Å²) >= 11 is 1.66. The molecule has 2 aromatic carbocycles. The van der Waals surface area contributed by atoms with E-state index in [0.717, 1.165) is 10.4 Å². The highest BCUT2D eigenvalue weighted by molar-refractivity contribution is 7.11. The molecule has 222 valence electrons. The summed E-state index contributed by atoms with van der Waals surface area (Å²) in [5, 5.41) is 2.93. The Morgan fingerprint density at radius 3 is 2.37 bits per heavy atom. The smallest absolute Gasteiger partial charge is 0.322 e. The van der Waals surface area contributed by atoms with Gasteiger partial charge in [-0.25, -0.2) is 4.79 Å². The Morgan fingerprint density at radius 1 is 0.902 bits per heavy atom. The maximum Gasteiger partial charge on any atom is 0.322 e. The van der Waals surface area contributed by atoms with E-state index in [1.807, 2.05) is 55.1 Å². The SMILES string of the molecule is CCOc1ccccc1NC(=O)N(CCCOC)CC(=O)N(CCc1ccc(OC)c(OC)c1)Cc1ccc(C)s1. The number of anilines is 1. The van der Waals surface area contributed by atoms with Crippen molar-refractivity contribution in [3.63, 3.8) is 0 Å². The molecule has 0 aliphatic carbocycles. The van der Waals surface area contributed by atoms with Gasteiger partial charge in [0, 0.05) is 36.6 Å². The van der Waals surface area contributed by atoms with Gasteiger partial charge in [0.25, 0.3) is 0 Å². The zero-order valence-corrected chi connectivity index (χ0v) is 25.4. The van der Waals surface area contributed by atoms with Gasteiger partial charge >= 0.3 is 6.03 Å². The van der Waals surface area contributed by atoms with E-state index in [2.05, 4.69) is 11.4 Å². The van der Waals surface area contributed by atoms with Crippen LogP contribution in [0.2, 0.25) is 0 Å². The first-order valence-electron chi connectivity index (χ1n) is 13.7. The lowest BCUT2D eigenvalue weighted by atomic mass is 10.1. The van der Waals surface area contributed by atoms with E-state index >= 15 is 0 Å². The van der Waals surface area contributed by atoms with E-state index in [4.69, 9.17) is 18.9 Å². The number of amides is 3. The first kappa shape index (κ1) is 31.8. The van der Waals surface area contributed by atoms with Gasteiger partial charge in [0.1, 0.15) is 12.3 Å². The second-order valence-corrected chi connectivity index (χ2v) is 10.8. The van der Waals surface area contributed by atoms with Gasteiger partial charge in [0.2, 0.25) is 5.91 Å². The molecule has 0 fully saturated rings. The van der Waals surface area contributed by atoms with Crippen LogP contribution in [0.5, 0.6) is 17.2 Å². The molecule has 1 aromatic heterocycles. The van der Waals surface area contributed by atoms with E-state index in [9.17, 15) is 9.59 Å². The minimum atomic E-state index is -0.367. The molecule has 3 rings (SSSR count). The van der Waals surface area contributed by atoms with Crippen molar-refractivity contribution in [2.24, 2.45) is 0 Å². The lowest BCUT2D eigenvalue weighted by Gasteiger charge is -2.28. The van der Waals surface area contributed by atoms with Crippen molar-refractivity contribution < 1.29 is 28.5 Å². The minimum absolute atomic E-state index is 0.0668. The molecule has 0 bridgehead atoms. The molecule has 41 heavy (non-hydrogen) atoms. The molecule has 0 saturated carbocycles. The number of urea groups is 1. The molecule has 1 heterocycles. The van der Waals surface area contributed by atoms with Crippen molar-refractivity contribution in [2.75, 3.05) is 59.5 Å².